The van der Waals surface area contributed by atoms with Crippen molar-refractivity contribution in [1.82, 2.24) is 4.57 Å². The van der Waals surface area contributed by atoms with Gasteiger partial charge >= 0.3 is 5.97 Å². The van der Waals surface area contributed by atoms with E-state index < -0.39 is 5.97 Å². The highest BCUT2D eigenvalue weighted by atomic mass is 79.9. The highest BCUT2D eigenvalue weighted by molar-refractivity contribution is 9.10. The minimum absolute atomic E-state index is 0.229. The zero-order chi connectivity index (χ0) is 15.6. The van der Waals surface area contributed by atoms with E-state index >= 15 is 0 Å². The van der Waals surface area contributed by atoms with Crippen molar-refractivity contribution in [2.24, 2.45) is 0 Å². The first kappa shape index (κ1) is 15.3. The lowest BCUT2D eigenvalue weighted by molar-refractivity contribution is 0.0696. The second-order valence-corrected chi connectivity index (χ2v) is 5.53. The maximum Gasteiger partial charge on any atom is 0.335 e. The predicted molar refractivity (Wildman–Crippen MR) is 83.9 cm³/mol. The fraction of sp³-hybridized carbons (Fsp3) is 0.200. The fourth-order valence-corrected chi connectivity index (χ4v) is 2.57. The Morgan fingerprint density at radius 3 is 2.62 bits per heavy atom. The fourth-order valence-electron chi connectivity index (χ4n) is 2.10. The molecule has 6 heteroatoms. The molecular weight excluding hydrogens is 336 g/mol. The quantitative estimate of drug-likeness (QED) is 0.885. The number of carbonyl (C=O) groups excluding carboxylic acids is 1. The Morgan fingerprint density at radius 2 is 2.05 bits per heavy atom. The van der Waals surface area contributed by atoms with Gasteiger partial charge in [-0.15, -0.1) is 0 Å². The number of rotatable bonds is 4. The molecule has 0 saturated carbocycles. The van der Waals surface area contributed by atoms with Crippen LogP contribution in [0.25, 0.3) is 0 Å². The Balaban J connectivity index is 2.23. The van der Waals surface area contributed by atoms with Gasteiger partial charge < -0.3 is 15.0 Å². The number of aromatic carboxylic acids is 1. The van der Waals surface area contributed by atoms with Gasteiger partial charge in [0.15, 0.2) is 0 Å². The van der Waals surface area contributed by atoms with E-state index in [9.17, 15) is 9.59 Å². The van der Waals surface area contributed by atoms with Crippen LogP contribution in [0.1, 0.15) is 33.3 Å². The summed E-state index contributed by atoms with van der Waals surface area (Å²) in [4.78, 5) is 23.2. The number of anilines is 1. The molecule has 2 N–H and O–H groups in total. The van der Waals surface area contributed by atoms with Crippen molar-refractivity contribution in [2.45, 2.75) is 20.4 Å². The van der Waals surface area contributed by atoms with Crippen LogP contribution in [-0.4, -0.2) is 21.6 Å². The summed E-state index contributed by atoms with van der Waals surface area (Å²) in [5.41, 5.74) is 1.95. The first-order valence-corrected chi connectivity index (χ1v) is 7.22. The molecule has 21 heavy (non-hydrogen) atoms. The highest BCUT2D eigenvalue weighted by Crippen LogP contribution is 2.19. The molecule has 5 nitrogen and oxygen atoms in total. The molecule has 0 spiro atoms. The van der Waals surface area contributed by atoms with Crippen molar-refractivity contribution in [3.05, 3.63) is 51.8 Å². The third kappa shape index (κ3) is 3.33. The van der Waals surface area contributed by atoms with Crippen LogP contribution in [0.5, 0.6) is 0 Å². The Morgan fingerprint density at radius 1 is 1.33 bits per heavy atom. The van der Waals surface area contributed by atoms with Gasteiger partial charge in [0.25, 0.3) is 5.91 Å². The second-order valence-electron chi connectivity index (χ2n) is 4.62. The van der Waals surface area contributed by atoms with Gasteiger partial charge in [-0.3, -0.25) is 4.79 Å². The molecule has 0 saturated heterocycles. The summed E-state index contributed by atoms with van der Waals surface area (Å²) in [7, 11) is 0. The van der Waals surface area contributed by atoms with Gasteiger partial charge in [0.1, 0.15) is 5.69 Å². The molecule has 0 aliphatic carbocycles. The van der Waals surface area contributed by atoms with E-state index in [2.05, 4.69) is 21.2 Å². The average molecular weight is 351 g/mol. The lowest BCUT2D eigenvalue weighted by atomic mass is 10.1. The van der Waals surface area contributed by atoms with E-state index in [1.165, 1.54) is 6.07 Å². The number of amides is 1. The highest BCUT2D eigenvalue weighted by Gasteiger charge is 2.14. The number of nitrogens with one attached hydrogen (secondary N) is 1. The summed E-state index contributed by atoms with van der Waals surface area (Å²) in [5.74, 6) is -1.21. The van der Waals surface area contributed by atoms with Crippen LogP contribution in [0.3, 0.4) is 0 Å². The first-order chi connectivity index (χ1) is 9.92. The summed E-state index contributed by atoms with van der Waals surface area (Å²) >= 11 is 3.35. The van der Waals surface area contributed by atoms with Crippen LogP contribution in [0.4, 0.5) is 5.69 Å². The molecule has 0 unspecified atom stereocenters. The standard InChI is InChI=1S/C15H15BrN2O3/c1-3-18-8-10(16)7-13(18)14(19)17-11-4-5-12(15(20)21)9(2)6-11/h4-8H,3H2,1-2H3,(H,17,19)(H,20,21). The smallest absolute Gasteiger partial charge is 0.335 e. The van der Waals surface area contributed by atoms with Crippen molar-refractivity contribution in [2.75, 3.05) is 5.32 Å². The van der Waals surface area contributed by atoms with Gasteiger partial charge in [0.2, 0.25) is 0 Å². The topological polar surface area (TPSA) is 71.3 Å². The molecule has 0 radical (unpaired) electrons. The summed E-state index contributed by atoms with van der Waals surface area (Å²) in [6.07, 6.45) is 1.84. The number of hydrogen-bond donors (Lipinski definition) is 2. The number of aryl methyl sites for hydroxylation is 2. The Kier molecular flexibility index (Phi) is 4.47. The van der Waals surface area contributed by atoms with E-state index in [1.807, 2.05) is 17.7 Å². The van der Waals surface area contributed by atoms with Gasteiger partial charge in [-0.05, 0) is 59.6 Å². The lowest BCUT2D eigenvalue weighted by Gasteiger charge is -2.09. The SMILES string of the molecule is CCn1cc(Br)cc1C(=O)Nc1ccc(C(=O)O)c(C)c1. The van der Waals surface area contributed by atoms with E-state index in [0.29, 0.717) is 23.5 Å². The summed E-state index contributed by atoms with van der Waals surface area (Å²) in [5, 5.41) is 11.8. The van der Waals surface area contributed by atoms with Crippen molar-refractivity contribution in [3.8, 4) is 0 Å². The summed E-state index contributed by atoms with van der Waals surface area (Å²) < 4.78 is 2.67. The molecule has 0 fully saturated rings. The van der Waals surface area contributed by atoms with Crippen molar-refractivity contribution in [1.29, 1.82) is 0 Å². The number of nitrogens with zero attached hydrogens (tertiary/aromatic N) is 1. The average Bonchev–Trinajstić information content (AvgIpc) is 2.79. The minimum atomic E-state index is -0.978. The lowest BCUT2D eigenvalue weighted by Crippen LogP contribution is -2.16. The maximum absolute atomic E-state index is 12.3. The molecule has 0 bridgehead atoms. The van der Waals surface area contributed by atoms with Gasteiger partial charge in [-0.1, -0.05) is 0 Å². The second kappa shape index (κ2) is 6.13. The molecule has 2 aromatic rings. The first-order valence-electron chi connectivity index (χ1n) is 6.43. The van der Waals surface area contributed by atoms with Crippen LogP contribution >= 0.6 is 15.9 Å². The van der Waals surface area contributed by atoms with E-state index in [4.69, 9.17) is 5.11 Å². The molecule has 0 atom stereocenters. The zero-order valence-electron chi connectivity index (χ0n) is 11.7. The maximum atomic E-state index is 12.3. The molecule has 1 heterocycles. The number of benzene rings is 1. The number of hydrogen-bond acceptors (Lipinski definition) is 2. The molecule has 110 valence electrons. The third-order valence-corrected chi connectivity index (χ3v) is 3.58. The Hall–Kier alpha value is -2.08. The molecule has 0 aliphatic rings. The van der Waals surface area contributed by atoms with Gasteiger partial charge in [0, 0.05) is 22.9 Å². The summed E-state index contributed by atoms with van der Waals surface area (Å²) in [6, 6.07) is 6.47. The van der Waals surface area contributed by atoms with E-state index in [-0.39, 0.29) is 11.5 Å². The number of carboxylic acids is 1. The number of halogens is 1. The van der Waals surface area contributed by atoms with Gasteiger partial charge in [-0.2, -0.15) is 0 Å². The van der Waals surface area contributed by atoms with Crippen molar-refractivity contribution < 1.29 is 14.7 Å². The van der Waals surface area contributed by atoms with Crippen LogP contribution in [0.15, 0.2) is 34.9 Å². The molecule has 2 rings (SSSR count). The van der Waals surface area contributed by atoms with Crippen molar-refractivity contribution in [3.63, 3.8) is 0 Å². The predicted octanol–water partition coefficient (Wildman–Crippen LogP) is 3.53. The van der Waals surface area contributed by atoms with E-state index in [1.54, 1.807) is 25.1 Å². The van der Waals surface area contributed by atoms with Crippen LogP contribution in [0, 0.1) is 6.92 Å². The largest absolute Gasteiger partial charge is 0.478 e. The molecule has 1 aromatic heterocycles. The summed E-state index contributed by atoms with van der Waals surface area (Å²) in [6.45, 7) is 4.34. The van der Waals surface area contributed by atoms with Crippen LogP contribution in [0.2, 0.25) is 0 Å². The number of aromatic nitrogens is 1. The van der Waals surface area contributed by atoms with Gasteiger partial charge in [-0.25, -0.2) is 4.79 Å². The van der Waals surface area contributed by atoms with Gasteiger partial charge in [0.05, 0.1) is 5.56 Å². The molecule has 1 amide bonds. The molecular formula is C15H15BrN2O3. The Bertz CT molecular complexity index is 707. The Labute approximate surface area is 130 Å². The molecule has 0 aliphatic heterocycles. The van der Waals surface area contributed by atoms with Crippen molar-refractivity contribution >= 4 is 33.5 Å². The minimum Gasteiger partial charge on any atom is -0.478 e. The zero-order valence-corrected chi connectivity index (χ0v) is 13.3. The monoisotopic (exact) mass is 350 g/mol. The number of carbonyl (C=O) groups is 2. The molecule has 1 aromatic carbocycles. The van der Waals surface area contributed by atoms with E-state index in [0.717, 1.165) is 4.47 Å². The van der Waals surface area contributed by atoms with Crippen LogP contribution < -0.4 is 5.32 Å². The number of carboxylic acid groups (broad SMARTS) is 1. The van der Waals surface area contributed by atoms with Crippen LogP contribution in [-0.2, 0) is 6.54 Å². The third-order valence-electron chi connectivity index (χ3n) is 3.15. The normalized spacial score (nSPS) is 10.4.